The van der Waals surface area contributed by atoms with Crippen molar-refractivity contribution < 1.29 is 8.83 Å². The predicted molar refractivity (Wildman–Crippen MR) is 106 cm³/mol. The van der Waals surface area contributed by atoms with Crippen LogP contribution in [0.2, 0.25) is 0 Å². The molecule has 3 heterocycles. The van der Waals surface area contributed by atoms with Gasteiger partial charge in [0, 0.05) is 5.92 Å². The fourth-order valence-corrected chi connectivity index (χ4v) is 4.25. The maximum absolute atomic E-state index is 5.85. The molecule has 136 valence electrons. The van der Waals surface area contributed by atoms with E-state index in [0.29, 0.717) is 5.92 Å². The summed E-state index contributed by atoms with van der Waals surface area (Å²) in [5, 5.41) is 7.26. The number of fused-ring (bicyclic) bond motifs is 1. The predicted octanol–water partition coefficient (Wildman–Crippen LogP) is 6.06. The molecule has 0 spiro atoms. The molecule has 0 unspecified atom stereocenters. The number of hydrazone groups is 1. The minimum Gasteiger partial charge on any atom is -0.467 e. The highest BCUT2D eigenvalue weighted by Gasteiger charge is 2.42. The van der Waals surface area contributed by atoms with E-state index < -0.39 is 0 Å². The molecule has 2 aliphatic rings. The van der Waals surface area contributed by atoms with Crippen LogP contribution in [0.4, 0.5) is 5.69 Å². The zero-order chi connectivity index (χ0) is 18.1. The summed E-state index contributed by atoms with van der Waals surface area (Å²) in [6.45, 7) is 0. The number of para-hydroxylation sites is 1. The molecule has 27 heavy (non-hydrogen) atoms. The van der Waals surface area contributed by atoms with E-state index in [2.05, 4.69) is 41.4 Å². The number of hydrogen-bond donors (Lipinski definition) is 0. The van der Waals surface area contributed by atoms with E-state index in [1.54, 1.807) is 12.5 Å². The van der Waals surface area contributed by atoms with Crippen LogP contribution in [0.3, 0.4) is 0 Å². The quantitative estimate of drug-likeness (QED) is 0.571. The van der Waals surface area contributed by atoms with Gasteiger partial charge in [0.1, 0.15) is 17.6 Å². The van der Waals surface area contributed by atoms with Crippen LogP contribution in [-0.2, 0) is 0 Å². The lowest BCUT2D eigenvalue weighted by Gasteiger charge is -2.26. The lowest BCUT2D eigenvalue weighted by atomic mass is 9.87. The highest BCUT2D eigenvalue weighted by Crippen LogP contribution is 2.45. The van der Waals surface area contributed by atoms with Crippen LogP contribution in [0, 0.1) is 5.92 Å². The molecule has 1 aliphatic heterocycles. The van der Waals surface area contributed by atoms with Gasteiger partial charge < -0.3 is 8.83 Å². The molecular weight excluding hydrogens is 336 g/mol. The summed E-state index contributed by atoms with van der Waals surface area (Å²) < 4.78 is 11.4. The Morgan fingerprint density at radius 1 is 0.926 bits per heavy atom. The van der Waals surface area contributed by atoms with Crippen molar-refractivity contribution in [3.8, 4) is 0 Å². The van der Waals surface area contributed by atoms with E-state index in [4.69, 9.17) is 13.9 Å². The molecule has 0 radical (unpaired) electrons. The first-order valence-corrected chi connectivity index (χ1v) is 9.61. The summed E-state index contributed by atoms with van der Waals surface area (Å²) in [4.78, 5) is 0. The van der Waals surface area contributed by atoms with Gasteiger partial charge in [0.05, 0.1) is 23.9 Å². The molecule has 0 N–H and O–H groups in total. The number of furan rings is 2. The first-order valence-electron chi connectivity index (χ1n) is 9.61. The van der Waals surface area contributed by atoms with E-state index in [9.17, 15) is 0 Å². The van der Waals surface area contributed by atoms with Crippen molar-refractivity contribution in [3.05, 3.63) is 84.2 Å². The summed E-state index contributed by atoms with van der Waals surface area (Å²) in [5.74, 6) is 2.18. The normalized spacial score (nSPS) is 23.9. The van der Waals surface area contributed by atoms with Crippen molar-refractivity contribution in [2.45, 2.75) is 31.7 Å². The number of rotatable bonds is 3. The number of nitrogens with zero attached hydrogens (tertiary/aromatic N) is 2. The van der Waals surface area contributed by atoms with Crippen LogP contribution in [0.15, 0.2) is 86.6 Å². The van der Waals surface area contributed by atoms with Gasteiger partial charge in [-0.2, -0.15) is 5.10 Å². The van der Waals surface area contributed by atoms with Crippen molar-refractivity contribution in [2.75, 3.05) is 5.01 Å². The third-order valence-electron chi connectivity index (χ3n) is 5.47. The average Bonchev–Trinajstić information content (AvgIpc) is 3.43. The Labute approximate surface area is 158 Å². The van der Waals surface area contributed by atoms with Crippen molar-refractivity contribution in [2.24, 2.45) is 11.0 Å². The van der Waals surface area contributed by atoms with Crippen LogP contribution >= 0.6 is 0 Å². The summed E-state index contributed by atoms with van der Waals surface area (Å²) in [6, 6.07) is 18.4. The van der Waals surface area contributed by atoms with Crippen LogP contribution < -0.4 is 5.01 Å². The zero-order valence-corrected chi connectivity index (χ0v) is 15.1. The smallest absolute Gasteiger partial charge is 0.129 e. The molecule has 2 aromatic heterocycles. The monoisotopic (exact) mass is 358 g/mol. The largest absolute Gasteiger partial charge is 0.467 e. The maximum Gasteiger partial charge on any atom is 0.129 e. The Kier molecular flexibility index (Phi) is 4.17. The Morgan fingerprint density at radius 2 is 1.78 bits per heavy atom. The number of hydrogen-bond acceptors (Lipinski definition) is 4. The average molecular weight is 358 g/mol. The lowest BCUT2D eigenvalue weighted by Crippen LogP contribution is -2.25. The fraction of sp³-hybridized carbons (Fsp3) is 0.261. The number of benzene rings is 1. The van der Waals surface area contributed by atoms with Crippen molar-refractivity contribution in [3.63, 3.8) is 0 Å². The minimum atomic E-state index is 0.0931. The summed E-state index contributed by atoms with van der Waals surface area (Å²) in [6.07, 6.45) is 10.2. The number of allylic oxidation sites excluding steroid dienone is 1. The van der Waals surface area contributed by atoms with Gasteiger partial charge in [0.25, 0.3) is 0 Å². The van der Waals surface area contributed by atoms with E-state index >= 15 is 0 Å². The third-order valence-corrected chi connectivity index (χ3v) is 5.47. The molecule has 4 heteroatoms. The molecule has 0 saturated heterocycles. The van der Waals surface area contributed by atoms with Crippen molar-refractivity contribution in [1.82, 2.24) is 0 Å². The first kappa shape index (κ1) is 16.2. The maximum atomic E-state index is 5.85. The highest BCUT2D eigenvalue weighted by atomic mass is 16.3. The van der Waals surface area contributed by atoms with E-state index in [0.717, 1.165) is 30.0 Å². The molecule has 1 aliphatic carbocycles. The topological polar surface area (TPSA) is 41.9 Å². The van der Waals surface area contributed by atoms with E-state index in [-0.39, 0.29) is 6.04 Å². The number of anilines is 1. The molecule has 3 aromatic rings. The van der Waals surface area contributed by atoms with Gasteiger partial charge in [0.2, 0.25) is 0 Å². The minimum absolute atomic E-state index is 0.0931. The summed E-state index contributed by atoms with van der Waals surface area (Å²) in [7, 11) is 0. The Hall–Kier alpha value is -3.01. The Balaban J connectivity index is 1.61. The lowest BCUT2D eigenvalue weighted by molar-refractivity contribution is 0.404. The highest BCUT2D eigenvalue weighted by molar-refractivity contribution is 6.07. The molecule has 1 aromatic carbocycles. The molecule has 5 rings (SSSR count). The van der Waals surface area contributed by atoms with Gasteiger partial charge >= 0.3 is 0 Å². The van der Waals surface area contributed by atoms with Gasteiger partial charge in [-0.25, -0.2) is 0 Å². The van der Waals surface area contributed by atoms with Gasteiger partial charge in [-0.15, -0.1) is 0 Å². The second kappa shape index (κ2) is 6.95. The van der Waals surface area contributed by atoms with Crippen LogP contribution in [0.5, 0.6) is 0 Å². The molecule has 2 atom stereocenters. The summed E-state index contributed by atoms with van der Waals surface area (Å²) >= 11 is 0. The van der Waals surface area contributed by atoms with E-state index in [1.165, 1.54) is 24.1 Å². The standard InChI is InChI=1S/C23H22N2O2/c1-2-9-18(10-3-1)25-23(21-13-7-15-27-21)20-12-5-4-8-17(22(20)24-25)16-19-11-6-14-26-19/h1-3,6-7,9-11,13-16,20,23H,4-5,8,12H2/b17-16+/t20-,23-/m0/s1. The molecule has 1 fully saturated rings. The van der Waals surface area contributed by atoms with Crippen LogP contribution in [0.1, 0.15) is 43.2 Å². The second-order valence-corrected chi connectivity index (χ2v) is 7.16. The Bertz CT molecular complexity index is 940. The first-order chi connectivity index (χ1) is 13.4. The Morgan fingerprint density at radius 3 is 2.56 bits per heavy atom. The molecular formula is C23H22N2O2. The van der Waals surface area contributed by atoms with Crippen LogP contribution in [-0.4, -0.2) is 5.71 Å². The molecule has 4 nitrogen and oxygen atoms in total. The fourth-order valence-electron chi connectivity index (χ4n) is 4.25. The van der Waals surface area contributed by atoms with Crippen LogP contribution in [0.25, 0.3) is 6.08 Å². The van der Waals surface area contributed by atoms with Crippen molar-refractivity contribution >= 4 is 17.5 Å². The molecule has 0 amide bonds. The van der Waals surface area contributed by atoms with Gasteiger partial charge in [0.15, 0.2) is 0 Å². The van der Waals surface area contributed by atoms with Gasteiger partial charge in [-0.3, -0.25) is 5.01 Å². The van der Waals surface area contributed by atoms with Gasteiger partial charge in [-0.05, 0) is 67.3 Å². The third kappa shape index (κ3) is 3.01. The zero-order valence-electron chi connectivity index (χ0n) is 15.1. The summed E-state index contributed by atoms with van der Waals surface area (Å²) in [5.41, 5.74) is 3.55. The molecule has 0 bridgehead atoms. The van der Waals surface area contributed by atoms with Gasteiger partial charge in [-0.1, -0.05) is 24.6 Å². The molecule has 1 saturated carbocycles. The second-order valence-electron chi connectivity index (χ2n) is 7.16. The van der Waals surface area contributed by atoms with E-state index in [1.807, 2.05) is 24.3 Å². The van der Waals surface area contributed by atoms with Crippen molar-refractivity contribution in [1.29, 1.82) is 0 Å². The SMILES string of the molecule is C(=C1/CCCC[C@H]2C1=NN(c1ccccc1)[C@@H]2c1ccco1)/c1ccco1.